The molecule has 1 heterocycles. The first-order valence-electron chi connectivity index (χ1n) is 9.24. The summed E-state index contributed by atoms with van der Waals surface area (Å²) < 4.78 is 46.7. The number of imide groups is 1. The molecule has 0 saturated carbocycles. The van der Waals surface area contributed by atoms with Crippen LogP contribution in [0.3, 0.4) is 0 Å². The topological polar surface area (TPSA) is 72.9 Å². The molecule has 3 rings (SSSR count). The number of esters is 1. The van der Waals surface area contributed by atoms with E-state index < -0.39 is 29.4 Å². The van der Waals surface area contributed by atoms with Crippen LogP contribution in [0, 0.1) is 11.8 Å². The van der Waals surface area contributed by atoms with Crippen molar-refractivity contribution in [3.63, 3.8) is 0 Å². The van der Waals surface area contributed by atoms with Gasteiger partial charge in [-0.15, -0.1) is 5.06 Å². The third-order valence-corrected chi connectivity index (χ3v) is 4.75. The molecule has 2 aromatic rings. The number of halogens is 3. The van der Waals surface area contributed by atoms with Crippen LogP contribution in [-0.4, -0.2) is 35.0 Å². The van der Waals surface area contributed by atoms with Gasteiger partial charge in [-0.05, 0) is 30.0 Å². The highest BCUT2D eigenvalue weighted by atomic mass is 32.2. The minimum Gasteiger partial charge on any atom is -0.452 e. The Morgan fingerprint density at radius 1 is 1.13 bits per heavy atom. The van der Waals surface area contributed by atoms with Gasteiger partial charge in [0.05, 0.1) is 11.1 Å². The molecular weight excluding hydrogens is 435 g/mol. The zero-order chi connectivity index (χ0) is 22.6. The Kier molecular flexibility index (Phi) is 6.87. The smallest absolute Gasteiger partial charge is 0.452 e. The highest BCUT2D eigenvalue weighted by molar-refractivity contribution is 7.95. The lowest BCUT2D eigenvalue weighted by Gasteiger charge is -2.25. The summed E-state index contributed by atoms with van der Waals surface area (Å²) in [6, 6.07) is 7.44. The summed E-state index contributed by atoms with van der Waals surface area (Å²) in [4.78, 5) is 36.7. The summed E-state index contributed by atoms with van der Waals surface area (Å²) in [6.45, 7) is 1.85. The van der Waals surface area contributed by atoms with Gasteiger partial charge in [0.25, 0.3) is 11.8 Å². The van der Waals surface area contributed by atoms with Crippen LogP contribution < -0.4 is 0 Å². The van der Waals surface area contributed by atoms with E-state index in [0.717, 1.165) is 12.8 Å². The molecule has 2 aromatic carbocycles. The normalized spacial score (nSPS) is 13.2. The van der Waals surface area contributed by atoms with Crippen LogP contribution in [-0.2, 0) is 13.8 Å². The van der Waals surface area contributed by atoms with E-state index in [0.29, 0.717) is 17.4 Å². The Morgan fingerprint density at radius 3 is 2.52 bits per heavy atom. The van der Waals surface area contributed by atoms with Crippen molar-refractivity contribution in [3.8, 4) is 11.8 Å². The highest BCUT2D eigenvalue weighted by Crippen LogP contribution is 2.36. The molecule has 1 aliphatic rings. The second-order valence-corrected chi connectivity index (χ2v) is 7.24. The molecule has 31 heavy (non-hydrogen) atoms. The Balaban J connectivity index is 1.87. The molecule has 0 bridgehead atoms. The number of benzene rings is 2. The van der Waals surface area contributed by atoms with Crippen LogP contribution in [0.15, 0.2) is 30.3 Å². The van der Waals surface area contributed by atoms with E-state index in [9.17, 15) is 27.6 Å². The van der Waals surface area contributed by atoms with Crippen LogP contribution in [0.25, 0.3) is 10.8 Å². The van der Waals surface area contributed by atoms with Crippen molar-refractivity contribution in [2.45, 2.75) is 31.7 Å². The van der Waals surface area contributed by atoms with Gasteiger partial charge in [-0.2, -0.15) is 17.5 Å². The number of carbonyl (C=O) groups excluding carboxylic acids is 3. The van der Waals surface area contributed by atoms with Crippen LogP contribution in [0.2, 0.25) is 0 Å². The molecule has 0 atom stereocenters. The van der Waals surface area contributed by atoms with Crippen LogP contribution in [0.4, 0.5) is 13.2 Å². The molecule has 6 nitrogen and oxygen atoms in total. The maximum atomic E-state index is 12.6. The molecule has 1 aliphatic heterocycles. The number of amides is 2. The Labute approximate surface area is 179 Å². The average molecular weight is 451 g/mol. The Bertz CT molecular complexity index is 1080. The number of hydroxylamine groups is 2. The number of unbranched alkanes of at least 4 members (excludes halogenated alkanes) is 1. The van der Waals surface area contributed by atoms with Gasteiger partial charge in [0.1, 0.15) is 12.0 Å². The highest BCUT2D eigenvalue weighted by Gasteiger charge is 2.39. The van der Waals surface area contributed by atoms with Crippen molar-refractivity contribution in [1.82, 2.24) is 5.06 Å². The first kappa shape index (κ1) is 22.7. The number of hydrogen-bond acceptors (Lipinski definition) is 6. The molecule has 0 aliphatic carbocycles. The molecule has 0 radical (unpaired) electrons. The first-order chi connectivity index (χ1) is 14.7. The summed E-state index contributed by atoms with van der Waals surface area (Å²) in [5, 5.41) is 0.849. The molecule has 2 amide bonds. The van der Waals surface area contributed by atoms with Crippen molar-refractivity contribution < 1.29 is 36.6 Å². The van der Waals surface area contributed by atoms with Crippen molar-refractivity contribution in [2.75, 3.05) is 6.61 Å². The maximum Gasteiger partial charge on any atom is 0.470 e. The van der Waals surface area contributed by atoms with E-state index in [-0.39, 0.29) is 34.2 Å². The number of alkyl halides is 3. The van der Waals surface area contributed by atoms with Crippen molar-refractivity contribution in [2.24, 2.45) is 0 Å². The Hall–Kier alpha value is -3.03. The molecule has 0 unspecified atom stereocenters. The number of carbonyl (C=O) groups is 3. The van der Waals surface area contributed by atoms with Gasteiger partial charge in [0, 0.05) is 17.4 Å². The monoisotopic (exact) mass is 451 g/mol. The van der Waals surface area contributed by atoms with E-state index in [4.69, 9.17) is 4.74 Å². The third-order valence-electron chi connectivity index (χ3n) is 4.34. The van der Waals surface area contributed by atoms with Crippen molar-refractivity contribution >= 4 is 40.6 Å². The van der Waals surface area contributed by atoms with Gasteiger partial charge in [-0.1, -0.05) is 37.3 Å². The Morgan fingerprint density at radius 2 is 1.84 bits per heavy atom. The molecule has 162 valence electrons. The van der Waals surface area contributed by atoms with Gasteiger partial charge in [-0.3, -0.25) is 14.4 Å². The summed E-state index contributed by atoms with van der Waals surface area (Å²) in [7, 11) is 0. The minimum absolute atomic E-state index is 0.0181. The van der Waals surface area contributed by atoms with Crippen molar-refractivity contribution in [1.29, 1.82) is 0 Å². The van der Waals surface area contributed by atoms with Gasteiger partial charge in [0.15, 0.2) is 6.61 Å². The number of nitrogens with zero attached hydrogens (tertiary/aromatic N) is 1. The van der Waals surface area contributed by atoms with E-state index >= 15 is 0 Å². The van der Waals surface area contributed by atoms with Gasteiger partial charge >= 0.3 is 11.5 Å². The largest absolute Gasteiger partial charge is 0.470 e. The predicted octanol–water partition coefficient (Wildman–Crippen LogP) is 4.62. The van der Waals surface area contributed by atoms with E-state index in [2.05, 4.69) is 16.1 Å². The summed E-state index contributed by atoms with van der Waals surface area (Å²) in [5.41, 5.74) is -4.27. The predicted molar refractivity (Wildman–Crippen MR) is 107 cm³/mol. The molecular formula is C21H16F3NO5S. The fourth-order valence-electron chi connectivity index (χ4n) is 2.97. The third kappa shape index (κ3) is 5.18. The summed E-state index contributed by atoms with van der Waals surface area (Å²) in [5.74, 6) is 3.20. The molecule has 10 heteroatoms. The number of rotatable bonds is 6. The van der Waals surface area contributed by atoms with Crippen molar-refractivity contribution in [3.05, 3.63) is 47.0 Å². The second kappa shape index (κ2) is 9.41. The van der Waals surface area contributed by atoms with E-state index in [1.165, 1.54) is 24.3 Å². The molecule has 0 fully saturated rings. The SMILES string of the molecule is CCCCC(=O)OCC#Cc1ccc2c3c(cccc13)C(=O)N(OSC(F)(F)F)C2=O. The summed E-state index contributed by atoms with van der Waals surface area (Å²) >= 11 is -0.944. The quantitative estimate of drug-likeness (QED) is 0.276. The van der Waals surface area contributed by atoms with Crippen LogP contribution in [0.1, 0.15) is 52.5 Å². The summed E-state index contributed by atoms with van der Waals surface area (Å²) in [6.07, 6.45) is 1.91. The van der Waals surface area contributed by atoms with Gasteiger partial charge < -0.3 is 4.74 Å². The minimum atomic E-state index is -4.79. The molecule has 0 saturated heterocycles. The van der Waals surface area contributed by atoms with Crippen LogP contribution in [0.5, 0.6) is 0 Å². The average Bonchev–Trinajstić information content (AvgIpc) is 2.73. The lowest BCUT2D eigenvalue weighted by molar-refractivity contribution is -0.142. The molecule has 0 N–H and O–H groups in total. The maximum absolute atomic E-state index is 12.6. The fourth-order valence-corrected chi connectivity index (χ4v) is 3.27. The second-order valence-electron chi connectivity index (χ2n) is 6.46. The van der Waals surface area contributed by atoms with E-state index in [1.807, 2.05) is 6.92 Å². The van der Waals surface area contributed by atoms with Gasteiger partial charge in [-0.25, -0.2) is 0 Å². The first-order valence-corrected chi connectivity index (χ1v) is 9.98. The fraction of sp³-hybridized carbons (Fsp3) is 0.286. The number of ether oxygens (including phenoxy) is 1. The number of hydrogen-bond donors (Lipinski definition) is 0. The van der Waals surface area contributed by atoms with Crippen LogP contribution >= 0.6 is 12.0 Å². The standard InChI is InChI=1S/C21H16F3NO5S/c1-2-3-9-17(26)29-12-5-6-13-10-11-16-18-14(13)7-4-8-15(18)19(27)25(20(16)28)30-31-21(22,23)24/h4,7-8,10-11H,2-3,9,12H2,1H3. The lowest BCUT2D eigenvalue weighted by atomic mass is 9.92. The zero-order valence-electron chi connectivity index (χ0n) is 16.2. The van der Waals surface area contributed by atoms with Gasteiger partial charge in [0.2, 0.25) is 0 Å². The molecule has 0 spiro atoms. The lowest BCUT2D eigenvalue weighted by Crippen LogP contribution is -2.39. The van der Waals surface area contributed by atoms with E-state index in [1.54, 1.807) is 6.07 Å². The zero-order valence-corrected chi connectivity index (χ0v) is 17.1. The molecule has 0 aromatic heterocycles.